The highest BCUT2D eigenvalue weighted by Crippen LogP contribution is 2.31. The molecule has 0 aliphatic rings. The van der Waals surface area contributed by atoms with Crippen LogP contribution in [-0.2, 0) is 26.2 Å². The first kappa shape index (κ1) is 28.4. The van der Waals surface area contributed by atoms with Gasteiger partial charge < -0.3 is 10.2 Å². The van der Waals surface area contributed by atoms with E-state index in [9.17, 15) is 18.0 Å². The topological polar surface area (TPSA) is 86.8 Å². The van der Waals surface area contributed by atoms with Crippen molar-refractivity contribution in [2.75, 3.05) is 23.7 Å². The molecule has 34 heavy (non-hydrogen) atoms. The summed E-state index contributed by atoms with van der Waals surface area (Å²) in [5.41, 5.74) is 0.870. The largest absolute Gasteiger partial charge is 0.354 e. The minimum absolute atomic E-state index is 0.0903. The third kappa shape index (κ3) is 8.15. The number of nitrogens with one attached hydrogen (secondary N) is 1. The van der Waals surface area contributed by atoms with Crippen LogP contribution in [0.5, 0.6) is 0 Å². The Morgan fingerprint density at radius 2 is 1.85 bits per heavy atom. The van der Waals surface area contributed by atoms with Gasteiger partial charge in [0.05, 0.1) is 17.0 Å². The Balaban J connectivity index is 2.39. The van der Waals surface area contributed by atoms with Gasteiger partial charge in [-0.2, -0.15) is 0 Å². The zero-order valence-electron chi connectivity index (χ0n) is 19.2. The fourth-order valence-electron chi connectivity index (χ4n) is 3.22. The minimum atomic E-state index is -3.89. The van der Waals surface area contributed by atoms with Crippen molar-refractivity contribution < 1.29 is 18.0 Å². The van der Waals surface area contributed by atoms with Crippen LogP contribution in [0, 0.1) is 0 Å². The number of carbonyl (C=O) groups is 2. The minimum Gasteiger partial charge on any atom is -0.354 e. The van der Waals surface area contributed by atoms with Crippen LogP contribution in [0.3, 0.4) is 0 Å². The van der Waals surface area contributed by atoms with E-state index in [1.54, 1.807) is 6.92 Å². The predicted molar refractivity (Wildman–Crippen MR) is 141 cm³/mol. The van der Waals surface area contributed by atoms with Crippen LogP contribution in [0.1, 0.15) is 32.3 Å². The molecule has 186 valence electrons. The highest BCUT2D eigenvalue weighted by atomic mass is 79.9. The smallest absolute Gasteiger partial charge is 0.244 e. The molecule has 0 saturated carbocycles. The van der Waals surface area contributed by atoms with Crippen molar-refractivity contribution in [3.63, 3.8) is 0 Å². The maximum absolute atomic E-state index is 13.5. The van der Waals surface area contributed by atoms with Gasteiger partial charge in [0.2, 0.25) is 21.8 Å². The second-order valence-corrected chi connectivity index (χ2v) is 11.5. The number of halogens is 3. The van der Waals surface area contributed by atoms with E-state index < -0.39 is 28.5 Å². The summed E-state index contributed by atoms with van der Waals surface area (Å²) in [5.74, 6) is -0.872. The molecule has 7 nitrogen and oxygen atoms in total. The molecule has 0 aromatic heterocycles. The number of amides is 2. The number of sulfonamides is 1. The van der Waals surface area contributed by atoms with E-state index in [-0.39, 0.29) is 28.2 Å². The Kier molecular flexibility index (Phi) is 10.7. The Morgan fingerprint density at radius 1 is 1.15 bits per heavy atom. The summed E-state index contributed by atoms with van der Waals surface area (Å²) >= 11 is 15.7. The molecule has 0 aliphatic heterocycles. The van der Waals surface area contributed by atoms with Crippen LogP contribution in [-0.4, -0.2) is 50.5 Å². The first-order valence-electron chi connectivity index (χ1n) is 10.7. The monoisotopic (exact) mass is 591 g/mol. The number of nitrogens with zero attached hydrogens (tertiary/aromatic N) is 2. The lowest BCUT2D eigenvalue weighted by Crippen LogP contribution is -2.51. The zero-order valence-corrected chi connectivity index (χ0v) is 23.1. The third-order valence-corrected chi connectivity index (χ3v) is 7.27. The number of carbonyl (C=O) groups excluding carboxylic acids is 2. The molecule has 1 N–H and O–H groups in total. The summed E-state index contributed by atoms with van der Waals surface area (Å²) in [6.45, 7) is 3.70. The highest BCUT2D eigenvalue weighted by Gasteiger charge is 2.30. The fourth-order valence-corrected chi connectivity index (χ4v) is 4.96. The quantitative estimate of drug-likeness (QED) is 0.378. The molecule has 2 aromatic rings. The highest BCUT2D eigenvalue weighted by molar-refractivity contribution is 9.10. The molecule has 11 heteroatoms. The maximum atomic E-state index is 13.5. The predicted octanol–water partition coefficient (Wildman–Crippen LogP) is 4.86. The van der Waals surface area contributed by atoms with Crippen LogP contribution in [0.25, 0.3) is 0 Å². The van der Waals surface area contributed by atoms with Crippen molar-refractivity contribution in [3.05, 3.63) is 62.5 Å². The number of hydrogen-bond acceptors (Lipinski definition) is 4. The van der Waals surface area contributed by atoms with Crippen molar-refractivity contribution in [1.82, 2.24) is 10.2 Å². The number of anilines is 1. The molecule has 0 saturated heterocycles. The van der Waals surface area contributed by atoms with Gasteiger partial charge in [0.1, 0.15) is 12.6 Å². The molecule has 2 amide bonds. The molecule has 0 heterocycles. The standard InChI is InChI=1S/C23H28BrCl2N3O4S/c1-4-5-11-27-23(31)16(2)28(14-17-7-6-8-18(24)12-17)22(30)15-29(34(3,32)33)21-13-19(25)9-10-20(21)26/h6-10,12-13,16H,4-5,11,14-15H2,1-3H3,(H,27,31)/t16-/m0/s1. The summed E-state index contributed by atoms with van der Waals surface area (Å²) in [5, 5.41) is 3.24. The summed E-state index contributed by atoms with van der Waals surface area (Å²) in [7, 11) is -3.89. The van der Waals surface area contributed by atoms with E-state index in [2.05, 4.69) is 21.2 Å². The van der Waals surface area contributed by atoms with Crippen LogP contribution in [0.2, 0.25) is 10.0 Å². The summed E-state index contributed by atoms with van der Waals surface area (Å²) in [6.07, 6.45) is 2.71. The fraction of sp³-hybridized carbons (Fsp3) is 0.391. The lowest BCUT2D eigenvalue weighted by molar-refractivity contribution is -0.139. The van der Waals surface area contributed by atoms with Gasteiger partial charge in [-0.25, -0.2) is 8.42 Å². The summed E-state index contributed by atoms with van der Waals surface area (Å²) < 4.78 is 26.9. The van der Waals surface area contributed by atoms with Crippen LogP contribution in [0.4, 0.5) is 5.69 Å². The van der Waals surface area contributed by atoms with Crippen molar-refractivity contribution in [3.8, 4) is 0 Å². The number of hydrogen-bond donors (Lipinski definition) is 1. The normalized spacial score (nSPS) is 12.2. The third-order valence-electron chi connectivity index (χ3n) is 5.09. The lowest BCUT2D eigenvalue weighted by atomic mass is 10.1. The van der Waals surface area contributed by atoms with Gasteiger partial charge >= 0.3 is 0 Å². The molecule has 2 rings (SSSR count). The van der Waals surface area contributed by atoms with Gasteiger partial charge in [-0.05, 0) is 49.2 Å². The summed E-state index contributed by atoms with van der Waals surface area (Å²) in [4.78, 5) is 27.6. The second kappa shape index (κ2) is 12.8. The van der Waals surface area contributed by atoms with E-state index in [0.29, 0.717) is 6.54 Å². The summed E-state index contributed by atoms with van der Waals surface area (Å²) in [6, 6.07) is 10.9. The van der Waals surface area contributed by atoms with E-state index in [4.69, 9.17) is 23.2 Å². The van der Waals surface area contributed by atoms with Gasteiger partial charge in [0.25, 0.3) is 0 Å². The maximum Gasteiger partial charge on any atom is 0.244 e. The van der Waals surface area contributed by atoms with Crippen molar-refractivity contribution in [2.45, 2.75) is 39.3 Å². The molecule has 0 bridgehead atoms. The van der Waals surface area contributed by atoms with Gasteiger partial charge in [-0.1, -0.05) is 64.6 Å². The number of benzene rings is 2. The van der Waals surface area contributed by atoms with Crippen molar-refractivity contribution >= 4 is 66.7 Å². The molecule has 0 radical (unpaired) electrons. The number of rotatable bonds is 11. The van der Waals surface area contributed by atoms with Crippen molar-refractivity contribution in [1.29, 1.82) is 0 Å². The van der Waals surface area contributed by atoms with Crippen LogP contribution < -0.4 is 9.62 Å². The van der Waals surface area contributed by atoms with E-state index in [0.717, 1.165) is 33.4 Å². The van der Waals surface area contributed by atoms with Gasteiger partial charge in [0.15, 0.2) is 0 Å². The van der Waals surface area contributed by atoms with Gasteiger partial charge in [0, 0.05) is 22.6 Å². The molecular formula is C23H28BrCl2N3O4S. The Labute approximate surface area is 219 Å². The van der Waals surface area contributed by atoms with Crippen LogP contribution >= 0.6 is 39.1 Å². The molecular weight excluding hydrogens is 565 g/mol. The Morgan fingerprint density at radius 3 is 2.47 bits per heavy atom. The molecule has 0 spiro atoms. The van der Waals surface area contributed by atoms with Crippen molar-refractivity contribution in [2.24, 2.45) is 0 Å². The van der Waals surface area contributed by atoms with E-state index in [1.165, 1.54) is 23.1 Å². The second-order valence-electron chi connectivity index (χ2n) is 7.84. The van der Waals surface area contributed by atoms with Gasteiger partial charge in [-0.3, -0.25) is 13.9 Å². The Hall–Kier alpha value is -1.81. The molecule has 2 aromatic carbocycles. The Bertz CT molecular complexity index is 1130. The van der Waals surface area contributed by atoms with E-state index in [1.807, 2.05) is 31.2 Å². The molecule has 0 fully saturated rings. The average Bonchev–Trinajstić information content (AvgIpc) is 2.76. The average molecular weight is 593 g/mol. The first-order chi connectivity index (χ1) is 15.9. The molecule has 0 aliphatic carbocycles. The zero-order chi connectivity index (χ0) is 25.5. The van der Waals surface area contributed by atoms with Gasteiger partial charge in [-0.15, -0.1) is 0 Å². The molecule has 0 unspecified atom stereocenters. The SMILES string of the molecule is CCCCNC(=O)[C@H](C)N(Cc1cccc(Br)c1)C(=O)CN(c1cc(Cl)ccc1Cl)S(C)(=O)=O. The number of unbranched alkanes of at least 4 members (excludes halogenated alkanes) is 1. The first-order valence-corrected chi connectivity index (χ1v) is 14.1. The lowest BCUT2D eigenvalue weighted by Gasteiger charge is -2.31. The van der Waals surface area contributed by atoms with Crippen LogP contribution in [0.15, 0.2) is 46.9 Å². The van der Waals surface area contributed by atoms with E-state index >= 15 is 0 Å². The molecule has 1 atom stereocenters.